The summed E-state index contributed by atoms with van der Waals surface area (Å²) in [6.45, 7) is 4.99. The largest absolute Gasteiger partial charge is 0.465 e. The van der Waals surface area contributed by atoms with E-state index in [0.29, 0.717) is 29.4 Å². The van der Waals surface area contributed by atoms with Gasteiger partial charge in [0.05, 0.1) is 12.3 Å². The van der Waals surface area contributed by atoms with Gasteiger partial charge >= 0.3 is 5.97 Å². The standard InChI is InChI=1S/C24H27N5O6S/c1-4-14-8-6-7-9-15(14)29(24(33)21-18(25)19(22(26)31)28-36-21)20(16-11-10-13(3)35-16)23(32)27-12-17(30)34-5-2/h6-11,20H,4-5,12,25H2,1-3H3,(H2,26,31)(H,27,32)/t20-/m1/s1. The van der Waals surface area contributed by atoms with Gasteiger partial charge in [0.25, 0.3) is 17.7 Å². The maximum Gasteiger partial charge on any atom is 0.325 e. The number of para-hydroxylation sites is 1. The number of nitrogens with two attached hydrogens (primary N) is 2. The number of hydrogen-bond acceptors (Lipinski definition) is 9. The molecule has 2 aromatic heterocycles. The van der Waals surface area contributed by atoms with Crippen LogP contribution in [0.1, 0.15) is 57.1 Å². The summed E-state index contributed by atoms with van der Waals surface area (Å²) in [6, 6.07) is 8.94. The Labute approximate surface area is 211 Å². The number of aromatic nitrogens is 1. The molecule has 5 N–H and O–H groups in total. The molecule has 190 valence electrons. The number of nitrogens with zero attached hydrogens (tertiary/aromatic N) is 2. The lowest BCUT2D eigenvalue weighted by Crippen LogP contribution is -2.45. The second-order valence-electron chi connectivity index (χ2n) is 7.67. The molecule has 0 aliphatic rings. The van der Waals surface area contributed by atoms with Gasteiger partial charge in [0.15, 0.2) is 11.7 Å². The molecule has 0 spiro atoms. The first-order valence-corrected chi connectivity index (χ1v) is 11.9. The average molecular weight is 514 g/mol. The number of rotatable bonds is 10. The van der Waals surface area contributed by atoms with Crippen molar-refractivity contribution in [2.24, 2.45) is 5.73 Å². The van der Waals surface area contributed by atoms with E-state index in [-0.39, 0.29) is 28.6 Å². The van der Waals surface area contributed by atoms with Crippen LogP contribution in [0.25, 0.3) is 0 Å². The van der Waals surface area contributed by atoms with E-state index in [2.05, 4.69) is 9.69 Å². The van der Waals surface area contributed by atoms with Gasteiger partial charge in [-0.2, -0.15) is 4.37 Å². The van der Waals surface area contributed by atoms with Crippen LogP contribution >= 0.6 is 11.5 Å². The first-order valence-electron chi connectivity index (χ1n) is 11.2. The first kappa shape index (κ1) is 26.4. The fourth-order valence-electron chi connectivity index (χ4n) is 3.59. The third-order valence-electron chi connectivity index (χ3n) is 5.26. The number of esters is 1. The summed E-state index contributed by atoms with van der Waals surface area (Å²) in [4.78, 5) is 52.3. The Kier molecular flexibility index (Phi) is 8.43. The molecule has 2 heterocycles. The van der Waals surface area contributed by atoms with Crippen LogP contribution in [0.5, 0.6) is 0 Å². The third kappa shape index (κ3) is 5.54. The molecule has 11 nitrogen and oxygen atoms in total. The molecule has 0 bridgehead atoms. The van der Waals surface area contributed by atoms with Gasteiger partial charge in [0.2, 0.25) is 0 Å². The number of nitrogen functional groups attached to an aromatic ring is 1. The Bertz CT molecular complexity index is 1280. The Balaban J connectivity index is 2.17. The van der Waals surface area contributed by atoms with Gasteiger partial charge in [-0.3, -0.25) is 24.1 Å². The zero-order chi connectivity index (χ0) is 26.4. The minimum atomic E-state index is -1.33. The van der Waals surface area contributed by atoms with Gasteiger partial charge in [-0.05, 0) is 55.6 Å². The van der Waals surface area contributed by atoms with Crippen molar-refractivity contribution in [3.63, 3.8) is 0 Å². The third-order valence-corrected chi connectivity index (χ3v) is 6.11. The number of nitrogens with one attached hydrogen (secondary N) is 1. The average Bonchev–Trinajstić information content (AvgIpc) is 3.46. The maximum absolute atomic E-state index is 14.0. The summed E-state index contributed by atoms with van der Waals surface area (Å²) < 4.78 is 14.6. The van der Waals surface area contributed by atoms with E-state index in [1.54, 1.807) is 38.1 Å². The number of amides is 3. The van der Waals surface area contributed by atoms with E-state index < -0.39 is 36.3 Å². The summed E-state index contributed by atoms with van der Waals surface area (Å²) in [5.41, 5.74) is 12.2. The van der Waals surface area contributed by atoms with E-state index in [4.69, 9.17) is 20.6 Å². The number of anilines is 2. The van der Waals surface area contributed by atoms with Crippen molar-refractivity contribution >= 4 is 46.6 Å². The molecule has 36 heavy (non-hydrogen) atoms. The van der Waals surface area contributed by atoms with E-state index in [1.807, 2.05) is 19.1 Å². The fourth-order valence-corrected chi connectivity index (χ4v) is 4.33. The number of furan rings is 1. The van der Waals surface area contributed by atoms with Crippen LogP contribution in [-0.4, -0.2) is 41.2 Å². The van der Waals surface area contributed by atoms with Crippen LogP contribution < -0.4 is 21.7 Å². The van der Waals surface area contributed by atoms with Crippen molar-refractivity contribution in [2.45, 2.75) is 33.2 Å². The predicted molar refractivity (Wildman–Crippen MR) is 134 cm³/mol. The lowest BCUT2D eigenvalue weighted by Gasteiger charge is -2.31. The van der Waals surface area contributed by atoms with Gasteiger partial charge in [0.1, 0.15) is 22.9 Å². The van der Waals surface area contributed by atoms with Crippen molar-refractivity contribution in [3.8, 4) is 0 Å². The first-order chi connectivity index (χ1) is 17.2. The quantitative estimate of drug-likeness (QED) is 0.347. The van der Waals surface area contributed by atoms with Crippen LogP contribution in [0.4, 0.5) is 11.4 Å². The summed E-state index contributed by atoms with van der Waals surface area (Å²) in [5.74, 6) is -2.22. The maximum atomic E-state index is 14.0. The Hall–Kier alpha value is -4.19. The molecule has 0 fully saturated rings. The van der Waals surface area contributed by atoms with Crippen LogP contribution in [0, 0.1) is 6.92 Å². The molecule has 0 radical (unpaired) electrons. The zero-order valence-corrected chi connectivity index (χ0v) is 20.9. The lowest BCUT2D eigenvalue weighted by atomic mass is 10.0. The van der Waals surface area contributed by atoms with Crippen LogP contribution in [0.2, 0.25) is 0 Å². The highest BCUT2D eigenvalue weighted by molar-refractivity contribution is 7.09. The fraction of sp³-hybridized carbons (Fsp3) is 0.292. The molecule has 0 unspecified atom stereocenters. The molecule has 3 aromatic rings. The van der Waals surface area contributed by atoms with Crippen molar-refractivity contribution in [2.75, 3.05) is 23.8 Å². The Morgan fingerprint density at radius 1 is 1.17 bits per heavy atom. The number of carbonyl (C=O) groups is 4. The highest BCUT2D eigenvalue weighted by Crippen LogP contribution is 2.35. The summed E-state index contributed by atoms with van der Waals surface area (Å²) >= 11 is 0.700. The predicted octanol–water partition coefficient (Wildman–Crippen LogP) is 2.36. The smallest absolute Gasteiger partial charge is 0.325 e. The van der Waals surface area contributed by atoms with Gasteiger partial charge in [-0.25, -0.2) is 0 Å². The summed E-state index contributed by atoms with van der Waals surface area (Å²) in [5, 5.41) is 2.52. The molecule has 1 aromatic carbocycles. The number of hydrogen-bond donors (Lipinski definition) is 3. The highest BCUT2D eigenvalue weighted by Gasteiger charge is 2.38. The van der Waals surface area contributed by atoms with E-state index in [0.717, 1.165) is 5.56 Å². The van der Waals surface area contributed by atoms with Crippen LogP contribution in [0.15, 0.2) is 40.8 Å². The molecule has 3 amide bonds. The van der Waals surface area contributed by atoms with Gasteiger partial charge in [0, 0.05) is 5.69 Å². The van der Waals surface area contributed by atoms with Crippen molar-refractivity contribution in [1.29, 1.82) is 0 Å². The van der Waals surface area contributed by atoms with E-state index >= 15 is 0 Å². The SMILES string of the molecule is CCOC(=O)CNC(=O)[C@@H](c1ccc(C)o1)N(C(=O)c1snc(C(N)=O)c1N)c1ccccc1CC. The number of aryl methyl sites for hydroxylation is 2. The molecule has 1 atom stereocenters. The van der Waals surface area contributed by atoms with Crippen LogP contribution in [-0.2, 0) is 20.7 Å². The molecule has 0 saturated carbocycles. The number of primary amides is 1. The molecule has 3 rings (SSSR count). The van der Waals surface area contributed by atoms with Crippen molar-refractivity contribution in [3.05, 3.63) is 64.1 Å². The lowest BCUT2D eigenvalue weighted by molar-refractivity contribution is -0.143. The molecular formula is C24H27N5O6S. The zero-order valence-electron chi connectivity index (χ0n) is 20.1. The Morgan fingerprint density at radius 2 is 1.89 bits per heavy atom. The van der Waals surface area contributed by atoms with Gasteiger partial charge in [-0.1, -0.05) is 25.1 Å². The number of ether oxygens (including phenoxy) is 1. The number of benzene rings is 1. The normalized spacial score (nSPS) is 11.5. The van der Waals surface area contributed by atoms with Crippen molar-refractivity contribution < 1.29 is 28.3 Å². The van der Waals surface area contributed by atoms with Crippen molar-refractivity contribution in [1.82, 2.24) is 9.69 Å². The van der Waals surface area contributed by atoms with E-state index in [1.165, 1.54) is 4.90 Å². The Morgan fingerprint density at radius 3 is 2.47 bits per heavy atom. The van der Waals surface area contributed by atoms with Gasteiger partial charge in [-0.15, -0.1) is 0 Å². The summed E-state index contributed by atoms with van der Waals surface area (Å²) in [7, 11) is 0. The molecular weight excluding hydrogens is 486 g/mol. The topological polar surface area (TPSA) is 171 Å². The van der Waals surface area contributed by atoms with E-state index in [9.17, 15) is 19.2 Å². The minimum absolute atomic E-state index is 0.0684. The second-order valence-corrected chi connectivity index (χ2v) is 8.44. The van der Waals surface area contributed by atoms with Crippen LogP contribution in [0.3, 0.4) is 0 Å². The summed E-state index contributed by atoms with van der Waals surface area (Å²) in [6.07, 6.45) is 0.541. The molecule has 0 aliphatic carbocycles. The highest BCUT2D eigenvalue weighted by atomic mass is 32.1. The minimum Gasteiger partial charge on any atom is -0.465 e. The number of carbonyl (C=O) groups excluding carboxylic acids is 4. The molecule has 12 heteroatoms. The molecule has 0 saturated heterocycles. The monoisotopic (exact) mass is 513 g/mol. The van der Waals surface area contributed by atoms with Gasteiger partial charge < -0.3 is 25.9 Å². The second kappa shape index (κ2) is 11.5. The molecule has 0 aliphatic heterocycles.